The van der Waals surface area contributed by atoms with E-state index in [1.54, 1.807) is 36.2 Å². The largest absolute Gasteiger partial charge is 0.467 e. The van der Waals surface area contributed by atoms with Gasteiger partial charge in [-0.05, 0) is 44.2 Å². The molecule has 0 bridgehead atoms. The van der Waals surface area contributed by atoms with Crippen LogP contribution >= 0.6 is 0 Å². The van der Waals surface area contributed by atoms with Crippen LogP contribution in [0.1, 0.15) is 25.6 Å². The third-order valence-corrected chi connectivity index (χ3v) is 3.73. The number of carbonyl (C=O) groups is 1. The number of halogens is 1. The highest BCUT2D eigenvalue weighted by Gasteiger charge is 2.17. The normalized spacial score (nSPS) is 12.1. The second-order valence-corrected chi connectivity index (χ2v) is 5.72. The topological polar surface area (TPSA) is 77.7 Å². The Labute approximate surface area is 140 Å². The van der Waals surface area contributed by atoms with Crippen LogP contribution in [0.3, 0.4) is 0 Å². The minimum absolute atomic E-state index is 0.153. The Morgan fingerprint density at radius 3 is 2.67 bits per heavy atom. The van der Waals surface area contributed by atoms with E-state index in [0.29, 0.717) is 17.1 Å². The fourth-order valence-corrected chi connectivity index (χ4v) is 2.17. The zero-order valence-electron chi connectivity index (χ0n) is 13.9. The molecule has 1 aromatic heterocycles. The molecule has 0 saturated carbocycles. The van der Waals surface area contributed by atoms with Gasteiger partial charge in [0.05, 0.1) is 18.6 Å². The standard InChI is InChI=1S/C17H22FN3O3/c1-11(2)21(3)15-7-6-12(9-13(15)18)19-17(23)20-14(10-22)16-5-4-8-24-16/h4-9,11,14,22H,10H2,1-3H3,(H2,19,20,23). The highest BCUT2D eigenvalue weighted by atomic mass is 19.1. The number of nitrogens with zero attached hydrogens (tertiary/aromatic N) is 1. The van der Waals surface area contributed by atoms with Crippen LogP contribution in [-0.4, -0.2) is 30.8 Å². The van der Waals surface area contributed by atoms with Crippen LogP contribution in [0.4, 0.5) is 20.6 Å². The second kappa shape index (κ2) is 7.83. The molecule has 2 aromatic rings. The maximum absolute atomic E-state index is 14.2. The molecule has 130 valence electrons. The number of benzene rings is 1. The summed E-state index contributed by atoms with van der Waals surface area (Å²) in [6, 6.07) is 6.73. The van der Waals surface area contributed by atoms with Crippen molar-refractivity contribution in [3.05, 3.63) is 48.2 Å². The molecular formula is C17H22FN3O3. The molecule has 0 fully saturated rings. The number of anilines is 2. The second-order valence-electron chi connectivity index (χ2n) is 5.72. The van der Waals surface area contributed by atoms with Gasteiger partial charge in [-0.3, -0.25) is 0 Å². The lowest BCUT2D eigenvalue weighted by Crippen LogP contribution is -2.34. The molecule has 2 rings (SSSR count). The number of urea groups is 1. The lowest BCUT2D eigenvalue weighted by molar-refractivity contribution is 0.215. The molecular weight excluding hydrogens is 313 g/mol. The van der Waals surface area contributed by atoms with Gasteiger partial charge in [0.15, 0.2) is 0 Å². The molecule has 0 aliphatic heterocycles. The summed E-state index contributed by atoms with van der Waals surface area (Å²) >= 11 is 0. The molecule has 0 aliphatic carbocycles. The number of aliphatic hydroxyl groups is 1. The van der Waals surface area contributed by atoms with Gasteiger partial charge in [-0.25, -0.2) is 9.18 Å². The van der Waals surface area contributed by atoms with Gasteiger partial charge < -0.3 is 25.1 Å². The van der Waals surface area contributed by atoms with Crippen LogP contribution < -0.4 is 15.5 Å². The number of furan rings is 1. The van der Waals surface area contributed by atoms with E-state index < -0.39 is 17.9 Å². The van der Waals surface area contributed by atoms with E-state index in [-0.39, 0.29) is 12.6 Å². The molecule has 24 heavy (non-hydrogen) atoms. The predicted octanol–water partition coefficient (Wildman–Crippen LogP) is 3.12. The van der Waals surface area contributed by atoms with Crippen molar-refractivity contribution in [2.45, 2.75) is 25.9 Å². The van der Waals surface area contributed by atoms with Crippen molar-refractivity contribution in [3.8, 4) is 0 Å². The first kappa shape index (κ1) is 17.8. The van der Waals surface area contributed by atoms with Gasteiger partial charge in [0.25, 0.3) is 0 Å². The zero-order valence-corrected chi connectivity index (χ0v) is 13.9. The Balaban J connectivity index is 2.02. The van der Waals surface area contributed by atoms with Crippen LogP contribution in [0.2, 0.25) is 0 Å². The van der Waals surface area contributed by atoms with Crippen molar-refractivity contribution >= 4 is 17.4 Å². The van der Waals surface area contributed by atoms with Gasteiger partial charge in [0.2, 0.25) is 0 Å². The van der Waals surface area contributed by atoms with Crippen LogP contribution in [0.25, 0.3) is 0 Å². The molecule has 1 heterocycles. The lowest BCUT2D eigenvalue weighted by atomic mass is 10.2. The first-order valence-electron chi connectivity index (χ1n) is 7.66. The van der Waals surface area contributed by atoms with E-state index in [9.17, 15) is 14.3 Å². The molecule has 3 N–H and O–H groups in total. The summed E-state index contributed by atoms with van der Waals surface area (Å²) in [7, 11) is 1.80. The molecule has 0 saturated heterocycles. The van der Waals surface area contributed by atoms with Crippen molar-refractivity contribution in [1.82, 2.24) is 5.32 Å². The van der Waals surface area contributed by atoms with Crippen molar-refractivity contribution in [3.63, 3.8) is 0 Å². The molecule has 6 nitrogen and oxygen atoms in total. The fraction of sp³-hybridized carbons (Fsp3) is 0.353. The maximum Gasteiger partial charge on any atom is 0.319 e. The van der Waals surface area contributed by atoms with Gasteiger partial charge >= 0.3 is 6.03 Å². The molecule has 1 aromatic carbocycles. The average molecular weight is 335 g/mol. The number of amides is 2. The first-order chi connectivity index (χ1) is 11.4. The number of rotatable bonds is 6. The summed E-state index contributed by atoms with van der Waals surface area (Å²) in [6.45, 7) is 3.61. The quantitative estimate of drug-likeness (QED) is 0.758. The lowest BCUT2D eigenvalue weighted by Gasteiger charge is -2.24. The molecule has 0 spiro atoms. The van der Waals surface area contributed by atoms with Crippen molar-refractivity contribution < 1.29 is 18.7 Å². The molecule has 2 amide bonds. The van der Waals surface area contributed by atoms with Gasteiger partial charge in [-0.2, -0.15) is 0 Å². The Hall–Kier alpha value is -2.54. The highest BCUT2D eigenvalue weighted by Crippen LogP contribution is 2.23. The van der Waals surface area contributed by atoms with Crippen molar-refractivity contribution in [1.29, 1.82) is 0 Å². The summed E-state index contributed by atoms with van der Waals surface area (Å²) in [5, 5.41) is 14.4. The Kier molecular flexibility index (Phi) is 5.81. The predicted molar refractivity (Wildman–Crippen MR) is 90.6 cm³/mol. The summed E-state index contributed by atoms with van der Waals surface area (Å²) in [5.74, 6) is 0.0153. The monoisotopic (exact) mass is 335 g/mol. The summed E-state index contributed by atoms with van der Waals surface area (Å²) in [6.07, 6.45) is 1.46. The summed E-state index contributed by atoms with van der Waals surface area (Å²) in [5.41, 5.74) is 0.779. The van der Waals surface area contributed by atoms with Crippen LogP contribution in [0.5, 0.6) is 0 Å². The molecule has 0 radical (unpaired) electrons. The number of aliphatic hydroxyl groups excluding tert-OH is 1. The number of nitrogens with one attached hydrogen (secondary N) is 2. The SMILES string of the molecule is CC(C)N(C)c1ccc(NC(=O)NC(CO)c2ccco2)cc1F. The Morgan fingerprint density at radius 1 is 1.38 bits per heavy atom. The molecule has 0 aliphatic rings. The maximum atomic E-state index is 14.2. The Bertz CT molecular complexity index is 674. The van der Waals surface area contributed by atoms with E-state index in [1.165, 1.54) is 12.3 Å². The molecule has 1 unspecified atom stereocenters. The number of carbonyl (C=O) groups excluding carboxylic acids is 1. The minimum Gasteiger partial charge on any atom is -0.467 e. The Morgan fingerprint density at radius 2 is 2.12 bits per heavy atom. The van der Waals surface area contributed by atoms with Crippen molar-refractivity contribution in [2.24, 2.45) is 0 Å². The van der Waals surface area contributed by atoms with E-state index in [1.807, 2.05) is 13.8 Å². The van der Waals surface area contributed by atoms with Gasteiger partial charge in [0.1, 0.15) is 17.6 Å². The average Bonchev–Trinajstić information content (AvgIpc) is 3.06. The number of hydrogen-bond acceptors (Lipinski definition) is 4. The van der Waals surface area contributed by atoms with Crippen molar-refractivity contribution in [2.75, 3.05) is 23.9 Å². The van der Waals surface area contributed by atoms with E-state index >= 15 is 0 Å². The molecule has 7 heteroatoms. The first-order valence-corrected chi connectivity index (χ1v) is 7.66. The third kappa shape index (κ3) is 4.26. The highest BCUT2D eigenvalue weighted by molar-refractivity contribution is 5.89. The van der Waals surface area contributed by atoms with Gasteiger partial charge in [0, 0.05) is 18.8 Å². The third-order valence-electron chi connectivity index (χ3n) is 3.73. The number of hydrogen-bond donors (Lipinski definition) is 3. The smallest absolute Gasteiger partial charge is 0.319 e. The van der Waals surface area contributed by atoms with Crippen LogP contribution in [0.15, 0.2) is 41.0 Å². The minimum atomic E-state index is -0.670. The van der Waals surface area contributed by atoms with E-state index in [4.69, 9.17) is 4.42 Å². The van der Waals surface area contributed by atoms with Gasteiger partial charge in [-0.1, -0.05) is 0 Å². The summed E-state index contributed by atoms with van der Waals surface area (Å²) < 4.78 is 19.3. The van der Waals surface area contributed by atoms with Crippen LogP contribution in [-0.2, 0) is 0 Å². The zero-order chi connectivity index (χ0) is 17.7. The summed E-state index contributed by atoms with van der Waals surface area (Å²) in [4.78, 5) is 13.8. The fourth-order valence-electron chi connectivity index (χ4n) is 2.17. The van der Waals surface area contributed by atoms with E-state index in [0.717, 1.165) is 0 Å². The van der Waals surface area contributed by atoms with Gasteiger partial charge in [-0.15, -0.1) is 0 Å². The molecule has 1 atom stereocenters. The van der Waals surface area contributed by atoms with E-state index in [2.05, 4.69) is 10.6 Å². The van der Waals surface area contributed by atoms with Crippen LogP contribution in [0, 0.1) is 5.82 Å².